The zero-order chi connectivity index (χ0) is 24.2. The Morgan fingerprint density at radius 2 is 1.71 bits per heavy atom. The van der Waals surface area contributed by atoms with Crippen LogP contribution in [0.15, 0.2) is 83.5 Å². The van der Waals surface area contributed by atoms with E-state index in [1.807, 2.05) is 30.3 Å². The van der Waals surface area contributed by atoms with E-state index in [0.717, 1.165) is 10.5 Å². The second kappa shape index (κ2) is 9.99. The molecular formula is C25H19Cl2N3O4. The monoisotopic (exact) mass is 495 g/mol. The molecular weight excluding hydrogens is 477 g/mol. The predicted molar refractivity (Wildman–Crippen MR) is 131 cm³/mol. The fourth-order valence-corrected chi connectivity index (χ4v) is 3.81. The number of nitrogens with one attached hydrogen (secondary N) is 2. The number of anilines is 2. The lowest BCUT2D eigenvalue weighted by molar-refractivity contribution is -0.120. The number of amides is 3. The molecule has 0 saturated carbocycles. The van der Waals surface area contributed by atoms with E-state index in [4.69, 9.17) is 27.9 Å². The molecule has 0 atom stereocenters. The molecule has 4 rings (SSSR count). The van der Waals surface area contributed by atoms with Gasteiger partial charge in [-0.3, -0.25) is 14.4 Å². The van der Waals surface area contributed by atoms with Crippen LogP contribution in [0.5, 0.6) is 5.75 Å². The van der Waals surface area contributed by atoms with Gasteiger partial charge in [-0.15, -0.1) is 0 Å². The second-order valence-electron chi connectivity index (χ2n) is 7.32. The number of methoxy groups -OCH3 is 1. The molecule has 0 aromatic heterocycles. The van der Waals surface area contributed by atoms with Gasteiger partial charge in [-0.2, -0.15) is 0 Å². The minimum absolute atomic E-state index is 0.115. The Labute approximate surface area is 205 Å². The number of benzene rings is 3. The first-order chi connectivity index (χ1) is 16.4. The van der Waals surface area contributed by atoms with E-state index in [1.54, 1.807) is 36.4 Å². The van der Waals surface area contributed by atoms with Crippen molar-refractivity contribution in [1.29, 1.82) is 0 Å². The highest BCUT2D eigenvalue weighted by atomic mass is 35.5. The molecule has 0 spiro atoms. The quantitative estimate of drug-likeness (QED) is 0.463. The van der Waals surface area contributed by atoms with Gasteiger partial charge in [-0.1, -0.05) is 59.6 Å². The van der Waals surface area contributed by atoms with E-state index >= 15 is 0 Å². The van der Waals surface area contributed by atoms with E-state index in [1.165, 1.54) is 13.2 Å². The van der Waals surface area contributed by atoms with Crippen LogP contribution >= 0.6 is 23.2 Å². The first kappa shape index (κ1) is 23.4. The van der Waals surface area contributed by atoms with E-state index in [-0.39, 0.29) is 28.1 Å². The van der Waals surface area contributed by atoms with Gasteiger partial charge < -0.3 is 15.4 Å². The van der Waals surface area contributed by atoms with Gasteiger partial charge in [0.25, 0.3) is 17.7 Å². The third-order valence-electron chi connectivity index (χ3n) is 5.10. The van der Waals surface area contributed by atoms with Crippen LogP contribution in [-0.4, -0.2) is 24.8 Å². The molecule has 9 heteroatoms. The van der Waals surface area contributed by atoms with Crippen LogP contribution in [0.1, 0.15) is 15.9 Å². The molecule has 34 heavy (non-hydrogen) atoms. The number of halogens is 2. The average molecular weight is 496 g/mol. The Morgan fingerprint density at radius 1 is 0.941 bits per heavy atom. The van der Waals surface area contributed by atoms with Crippen molar-refractivity contribution in [2.24, 2.45) is 0 Å². The highest BCUT2D eigenvalue weighted by molar-refractivity contribution is 6.53. The van der Waals surface area contributed by atoms with Crippen LogP contribution in [-0.2, 0) is 16.1 Å². The summed E-state index contributed by atoms with van der Waals surface area (Å²) >= 11 is 12.3. The van der Waals surface area contributed by atoms with Crippen molar-refractivity contribution in [3.8, 4) is 5.75 Å². The normalized spacial score (nSPS) is 13.3. The third-order valence-corrected chi connectivity index (χ3v) is 5.68. The molecule has 3 aromatic rings. The molecule has 0 radical (unpaired) electrons. The van der Waals surface area contributed by atoms with Crippen molar-refractivity contribution in [1.82, 2.24) is 5.32 Å². The first-order valence-electron chi connectivity index (χ1n) is 10.2. The molecule has 0 fully saturated rings. The topological polar surface area (TPSA) is 87.7 Å². The minimum atomic E-state index is -0.716. The van der Waals surface area contributed by atoms with Crippen LogP contribution in [0.2, 0.25) is 5.02 Å². The molecule has 0 aliphatic carbocycles. The fraction of sp³-hybridized carbons (Fsp3) is 0.0800. The number of carbonyl (C=O) groups is 3. The number of carbonyl (C=O) groups excluding carboxylic acids is 3. The van der Waals surface area contributed by atoms with Gasteiger partial charge in [0.1, 0.15) is 16.5 Å². The maximum Gasteiger partial charge on any atom is 0.283 e. The number of hydrogen-bond donors (Lipinski definition) is 2. The maximum atomic E-state index is 13.1. The zero-order valence-electron chi connectivity index (χ0n) is 18.0. The largest absolute Gasteiger partial charge is 0.495 e. The van der Waals surface area contributed by atoms with Gasteiger partial charge in [-0.05, 0) is 42.0 Å². The van der Waals surface area contributed by atoms with Gasteiger partial charge in [0.2, 0.25) is 0 Å². The lowest BCUT2D eigenvalue weighted by atomic mass is 10.1. The zero-order valence-corrected chi connectivity index (χ0v) is 19.5. The lowest BCUT2D eigenvalue weighted by Crippen LogP contribution is -2.32. The number of ether oxygens (including phenoxy) is 1. The molecule has 0 bridgehead atoms. The Kier molecular flexibility index (Phi) is 6.86. The summed E-state index contributed by atoms with van der Waals surface area (Å²) in [4.78, 5) is 39.4. The fourth-order valence-electron chi connectivity index (χ4n) is 3.43. The molecule has 0 unspecified atom stereocenters. The number of nitrogens with zero attached hydrogens (tertiary/aromatic N) is 1. The van der Waals surface area contributed by atoms with Crippen molar-refractivity contribution in [3.05, 3.63) is 99.7 Å². The first-order valence-corrected chi connectivity index (χ1v) is 11.0. The molecule has 1 aliphatic heterocycles. The highest BCUT2D eigenvalue weighted by Crippen LogP contribution is 2.37. The van der Waals surface area contributed by atoms with Crippen LogP contribution in [0, 0.1) is 0 Å². The van der Waals surface area contributed by atoms with E-state index in [0.29, 0.717) is 22.8 Å². The molecule has 3 amide bonds. The summed E-state index contributed by atoms with van der Waals surface area (Å²) in [6.45, 7) is 0.373. The highest BCUT2D eigenvalue weighted by Gasteiger charge is 2.40. The average Bonchev–Trinajstić information content (AvgIpc) is 3.06. The van der Waals surface area contributed by atoms with Crippen LogP contribution in [0.3, 0.4) is 0 Å². The van der Waals surface area contributed by atoms with Gasteiger partial charge in [-0.25, -0.2) is 4.90 Å². The molecule has 1 aliphatic rings. The van der Waals surface area contributed by atoms with Gasteiger partial charge in [0.15, 0.2) is 0 Å². The van der Waals surface area contributed by atoms with E-state index in [2.05, 4.69) is 10.6 Å². The van der Waals surface area contributed by atoms with E-state index < -0.39 is 11.8 Å². The standard InChI is InChI=1S/C25H19Cl2N3O4/c1-34-20-11-10-17(26)13-19(20)30-24(32)21(27)22(25(30)33)29-18-9-5-8-16(12-18)23(31)28-14-15-6-3-2-4-7-15/h2-13,29H,14H2,1H3,(H,28,31). The Morgan fingerprint density at radius 3 is 2.44 bits per heavy atom. The summed E-state index contributed by atoms with van der Waals surface area (Å²) in [6.07, 6.45) is 0. The SMILES string of the molecule is COc1ccc(Cl)cc1N1C(=O)C(Cl)=C(Nc2cccc(C(=O)NCc3ccccc3)c2)C1=O. The summed E-state index contributed by atoms with van der Waals surface area (Å²) in [6, 6.07) is 20.6. The van der Waals surface area contributed by atoms with Gasteiger partial charge in [0, 0.05) is 22.8 Å². The summed E-state index contributed by atoms with van der Waals surface area (Å²) < 4.78 is 5.26. The third kappa shape index (κ3) is 4.76. The maximum absolute atomic E-state index is 13.1. The summed E-state index contributed by atoms with van der Waals surface area (Å²) in [5.74, 6) is -1.39. The van der Waals surface area contributed by atoms with Crippen molar-refractivity contribution in [3.63, 3.8) is 0 Å². The molecule has 7 nitrogen and oxygen atoms in total. The molecule has 0 saturated heterocycles. The van der Waals surface area contributed by atoms with Crippen molar-refractivity contribution < 1.29 is 19.1 Å². The number of imide groups is 1. The van der Waals surface area contributed by atoms with Crippen molar-refractivity contribution in [2.75, 3.05) is 17.3 Å². The second-order valence-corrected chi connectivity index (χ2v) is 8.14. The van der Waals surface area contributed by atoms with Crippen LogP contribution in [0.4, 0.5) is 11.4 Å². The van der Waals surface area contributed by atoms with Gasteiger partial charge >= 0.3 is 0 Å². The Balaban J connectivity index is 1.53. The summed E-state index contributed by atoms with van der Waals surface area (Å²) in [7, 11) is 1.42. The van der Waals surface area contributed by atoms with Crippen molar-refractivity contribution in [2.45, 2.75) is 6.54 Å². The van der Waals surface area contributed by atoms with Crippen LogP contribution in [0.25, 0.3) is 0 Å². The van der Waals surface area contributed by atoms with E-state index in [9.17, 15) is 14.4 Å². The van der Waals surface area contributed by atoms with Crippen LogP contribution < -0.4 is 20.3 Å². The lowest BCUT2D eigenvalue weighted by Gasteiger charge is -2.18. The summed E-state index contributed by atoms with van der Waals surface area (Å²) in [5, 5.41) is 5.76. The summed E-state index contributed by atoms with van der Waals surface area (Å²) in [5.41, 5.74) is 1.82. The Bertz CT molecular complexity index is 1310. The minimum Gasteiger partial charge on any atom is -0.495 e. The molecule has 2 N–H and O–H groups in total. The molecule has 172 valence electrons. The number of rotatable bonds is 7. The number of hydrogen-bond acceptors (Lipinski definition) is 5. The molecule has 3 aromatic carbocycles. The Hall–Kier alpha value is -3.81. The predicted octanol–water partition coefficient (Wildman–Crippen LogP) is 4.71. The van der Waals surface area contributed by atoms with Crippen molar-refractivity contribution >= 4 is 52.3 Å². The van der Waals surface area contributed by atoms with Gasteiger partial charge in [0.05, 0.1) is 12.8 Å². The molecule has 1 heterocycles. The smallest absolute Gasteiger partial charge is 0.283 e.